The molecule has 0 fully saturated rings. The average Bonchev–Trinajstić information content (AvgIpc) is 2.20. The van der Waals surface area contributed by atoms with Crippen LogP contribution >= 0.6 is 15.9 Å². The lowest BCUT2D eigenvalue weighted by Gasteiger charge is -2.13. The number of halogens is 1. The lowest BCUT2D eigenvalue weighted by Crippen LogP contribution is -2.17. The summed E-state index contributed by atoms with van der Waals surface area (Å²) >= 11 is 3.31. The summed E-state index contributed by atoms with van der Waals surface area (Å²) in [5.41, 5.74) is 1.27. The van der Waals surface area contributed by atoms with Gasteiger partial charge in [0, 0.05) is 4.47 Å². The van der Waals surface area contributed by atoms with Crippen LogP contribution in [0.15, 0.2) is 16.6 Å². The Balaban J connectivity index is 2.97. The largest absolute Gasteiger partial charge is 0.495 e. The van der Waals surface area contributed by atoms with E-state index in [-0.39, 0.29) is 0 Å². The van der Waals surface area contributed by atoms with E-state index < -0.39 is 18.3 Å². The second-order valence-corrected chi connectivity index (χ2v) is 4.33. The molecule has 0 radical (unpaired) electrons. The molecule has 0 heterocycles. The highest BCUT2D eigenvalue weighted by molar-refractivity contribution is 9.10. The molecule has 1 aromatic rings. The molecular formula is C11H12BrNO4. The summed E-state index contributed by atoms with van der Waals surface area (Å²) in [4.78, 5) is 21.8. The fraction of sp³-hybridized carbons (Fsp3) is 0.273. The highest BCUT2D eigenvalue weighted by Crippen LogP contribution is 2.32. The first-order valence-corrected chi connectivity index (χ1v) is 5.59. The number of carbonyl (C=O) groups is 2. The molecule has 0 aliphatic heterocycles. The number of aryl methyl sites for hydroxylation is 1. The molecule has 1 amide bonds. The standard InChI is InChI=1S/C11H12BrNO4/c1-6-3-7(12)4-8(17-2)11(6)13-9(14)5-10(15)16/h3-4H,5H2,1-2H3,(H,13,14)(H,15,16). The number of hydrogen-bond donors (Lipinski definition) is 2. The van der Waals surface area contributed by atoms with Crippen molar-refractivity contribution < 1.29 is 19.4 Å². The van der Waals surface area contributed by atoms with Crippen molar-refractivity contribution >= 4 is 33.5 Å². The average molecular weight is 302 g/mol. The van der Waals surface area contributed by atoms with E-state index in [1.54, 1.807) is 19.1 Å². The van der Waals surface area contributed by atoms with Crippen molar-refractivity contribution in [1.29, 1.82) is 0 Å². The Kier molecular flexibility index (Phi) is 4.51. The first-order valence-electron chi connectivity index (χ1n) is 4.80. The number of carboxylic acid groups (broad SMARTS) is 1. The predicted octanol–water partition coefficient (Wildman–Crippen LogP) is 2.18. The van der Waals surface area contributed by atoms with Gasteiger partial charge in [-0.25, -0.2) is 0 Å². The van der Waals surface area contributed by atoms with Crippen LogP contribution in [0.5, 0.6) is 5.75 Å². The maximum atomic E-state index is 11.4. The Bertz CT molecular complexity index is 459. The molecule has 2 N–H and O–H groups in total. The van der Waals surface area contributed by atoms with Crippen LogP contribution in [-0.2, 0) is 9.59 Å². The van der Waals surface area contributed by atoms with Crippen LogP contribution in [0.4, 0.5) is 5.69 Å². The summed E-state index contributed by atoms with van der Waals surface area (Å²) in [7, 11) is 1.48. The van der Waals surface area contributed by atoms with E-state index in [0.717, 1.165) is 10.0 Å². The van der Waals surface area contributed by atoms with Crippen molar-refractivity contribution in [2.45, 2.75) is 13.3 Å². The fourth-order valence-electron chi connectivity index (χ4n) is 1.35. The zero-order valence-electron chi connectivity index (χ0n) is 9.41. The van der Waals surface area contributed by atoms with Crippen molar-refractivity contribution in [2.24, 2.45) is 0 Å². The summed E-state index contributed by atoms with van der Waals surface area (Å²) in [5, 5.41) is 11.0. The highest BCUT2D eigenvalue weighted by atomic mass is 79.9. The van der Waals surface area contributed by atoms with Crippen molar-refractivity contribution in [3.63, 3.8) is 0 Å². The number of nitrogens with one attached hydrogen (secondary N) is 1. The van der Waals surface area contributed by atoms with E-state index in [9.17, 15) is 9.59 Å². The van der Waals surface area contributed by atoms with Crippen molar-refractivity contribution in [1.82, 2.24) is 0 Å². The number of amides is 1. The van der Waals surface area contributed by atoms with E-state index in [1.165, 1.54) is 7.11 Å². The van der Waals surface area contributed by atoms with Crippen LogP contribution < -0.4 is 10.1 Å². The van der Waals surface area contributed by atoms with Gasteiger partial charge in [-0.05, 0) is 24.6 Å². The van der Waals surface area contributed by atoms with E-state index >= 15 is 0 Å². The first-order chi connectivity index (χ1) is 7.93. The molecule has 0 spiro atoms. The summed E-state index contributed by atoms with van der Waals surface area (Å²) in [6.07, 6.45) is -0.571. The summed E-state index contributed by atoms with van der Waals surface area (Å²) in [6, 6.07) is 3.50. The Labute approximate surface area is 107 Å². The van der Waals surface area contributed by atoms with E-state index in [0.29, 0.717) is 11.4 Å². The molecule has 1 aromatic carbocycles. The monoisotopic (exact) mass is 301 g/mol. The molecule has 0 unspecified atom stereocenters. The van der Waals surface area contributed by atoms with Gasteiger partial charge in [0.05, 0.1) is 12.8 Å². The van der Waals surface area contributed by atoms with Gasteiger partial charge >= 0.3 is 5.97 Å². The molecule has 5 nitrogen and oxygen atoms in total. The van der Waals surface area contributed by atoms with Gasteiger partial charge in [0.25, 0.3) is 0 Å². The number of hydrogen-bond acceptors (Lipinski definition) is 3. The Hall–Kier alpha value is -1.56. The minimum absolute atomic E-state index is 0.482. The molecule has 0 aromatic heterocycles. The number of aliphatic carboxylic acids is 1. The number of ether oxygens (including phenoxy) is 1. The maximum Gasteiger partial charge on any atom is 0.312 e. The van der Waals surface area contributed by atoms with Crippen LogP contribution in [0, 0.1) is 6.92 Å². The van der Waals surface area contributed by atoms with Crippen molar-refractivity contribution in [3.05, 3.63) is 22.2 Å². The number of benzene rings is 1. The van der Waals surface area contributed by atoms with Crippen molar-refractivity contribution in [2.75, 3.05) is 12.4 Å². The summed E-state index contributed by atoms with van der Waals surface area (Å²) in [6.45, 7) is 1.80. The molecule has 1 rings (SSSR count). The quantitative estimate of drug-likeness (QED) is 0.836. The van der Waals surface area contributed by atoms with E-state index in [2.05, 4.69) is 21.2 Å². The van der Waals surface area contributed by atoms with Gasteiger partial charge in [-0.15, -0.1) is 0 Å². The summed E-state index contributed by atoms with van der Waals surface area (Å²) < 4.78 is 5.94. The highest BCUT2D eigenvalue weighted by Gasteiger charge is 2.13. The maximum absolute atomic E-state index is 11.4. The smallest absolute Gasteiger partial charge is 0.312 e. The molecule has 0 bridgehead atoms. The Morgan fingerprint density at radius 1 is 1.47 bits per heavy atom. The van der Waals surface area contributed by atoms with Gasteiger partial charge < -0.3 is 15.2 Å². The minimum atomic E-state index is -1.17. The molecule has 0 aliphatic carbocycles. The molecule has 0 saturated heterocycles. The molecule has 17 heavy (non-hydrogen) atoms. The molecular weight excluding hydrogens is 290 g/mol. The first kappa shape index (κ1) is 13.5. The normalized spacial score (nSPS) is 9.82. The van der Waals surface area contributed by atoms with Gasteiger partial charge in [-0.3, -0.25) is 9.59 Å². The molecule has 0 aliphatic rings. The second-order valence-electron chi connectivity index (χ2n) is 3.42. The Morgan fingerprint density at radius 3 is 2.65 bits per heavy atom. The van der Waals surface area contributed by atoms with Crippen LogP contribution in [0.3, 0.4) is 0 Å². The molecule has 92 valence electrons. The van der Waals surface area contributed by atoms with Crippen LogP contribution in [0.2, 0.25) is 0 Å². The third-order valence-electron chi connectivity index (χ3n) is 2.06. The van der Waals surface area contributed by atoms with Gasteiger partial charge in [0.2, 0.25) is 5.91 Å². The molecule has 0 atom stereocenters. The van der Waals surface area contributed by atoms with Crippen LogP contribution in [0.1, 0.15) is 12.0 Å². The number of carbonyl (C=O) groups excluding carboxylic acids is 1. The van der Waals surface area contributed by atoms with Gasteiger partial charge in [0.15, 0.2) is 0 Å². The second kappa shape index (κ2) is 5.67. The van der Waals surface area contributed by atoms with Gasteiger partial charge in [-0.1, -0.05) is 15.9 Å². The number of anilines is 1. The lowest BCUT2D eigenvalue weighted by atomic mass is 10.2. The zero-order chi connectivity index (χ0) is 13.0. The lowest BCUT2D eigenvalue weighted by molar-refractivity contribution is -0.139. The summed E-state index contributed by atoms with van der Waals surface area (Å²) in [5.74, 6) is -1.27. The predicted molar refractivity (Wildman–Crippen MR) is 66.3 cm³/mol. The van der Waals surface area contributed by atoms with E-state index in [1.807, 2.05) is 0 Å². The van der Waals surface area contributed by atoms with Crippen LogP contribution in [-0.4, -0.2) is 24.1 Å². The number of methoxy groups -OCH3 is 1. The fourth-order valence-corrected chi connectivity index (χ4v) is 1.91. The van der Waals surface area contributed by atoms with Crippen LogP contribution in [0.25, 0.3) is 0 Å². The SMILES string of the molecule is COc1cc(Br)cc(C)c1NC(=O)CC(=O)O. The topological polar surface area (TPSA) is 75.6 Å². The third kappa shape index (κ3) is 3.74. The van der Waals surface area contributed by atoms with Gasteiger partial charge in [0.1, 0.15) is 12.2 Å². The molecule has 6 heteroatoms. The minimum Gasteiger partial charge on any atom is -0.495 e. The van der Waals surface area contributed by atoms with Gasteiger partial charge in [-0.2, -0.15) is 0 Å². The molecule has 0 saturated carbocycles. The Morgan fingerprint density at radius 2 is 2.12 bits per heavy atom. The third-order valence-corrected chi connectivity index (χ3v) is 2.52. The van der Waals surface area contributed by atoms with Crippen molar-refractivity contribution in [3.8, 4) is 5.75 Å². The zero-order valence-corrected chi connectivity index (χ0v) is 11.0. The number of carboxylic acids is 1. The van der Waals surface area contributed by atoms with E-state index in [4.69, 9.17) is 9.84 Å². The number of rotatable bonds is 4.